The third-order valence-electron chi connectivity index (χ3n) is 6.57. The van der Waals surface area contributed by atoms with Crippen LogP contribution in [-0.4, -0.2) is 56.0 Å². The van der Waals surface area contributed by atoms with Crippen molar-refractivity contribution in [1.82, 2.24) is 19.4 Å². The number of hydrogen-bond donors (Lipinski definition) is 2. The first-order valence-corrected chi connectivity index (χ1v) is 13.8. The maximum absolute atomic E-state index is 13.7. The van der Waals surface area contributed by atoms with Gasteiger partial charge in [-0.3, -0.25) is 28.8 Å². The molecule has 0 bridgehead atoms. The van der Waals surface area contributed by atoms with Crippen LogP contribution in [0.25, 0.3) is 5.69 Å². The Kier molecular flexibility index (Phi) is 8.27. The van der Waals surface area contributed by atoms with Crippen LogP contribution in [0.5, 0.6) is 5.75 Å². The van der Waals surface area contributed by atoms with Gasteiger partial charge in [0.25, 0.3) is 17.7 Å². The zero-order valence-corrected chi connectivity index (χ0v) is 24.1. The maximum atomic E-state index is 13.7. The summed E-state index contributed by atoms with van der Waals surface area (Å²) in [5, 5.41) is 11.6. The second-order valence-corrected chi connectivity index (χ2v) is 10.5. The van der Waals surface area contributed by atoms with Crippen LogP contribution < -0.4 is 15.7 Å². The van der Waals surface area contributed by atoms with Crippen LogP contribution in [0, 0.1) is 0 Å². The zero-order valence-electron chi connectivity index (χ0n) is 21.8. The molecule has 3 amide bonds. The number of carbonyl (C=O) groups is 4. The minimum absolute atomic E-state index is 0.0865. The molecular formula is C29H22BrClN4O7. The molecule has 0 radical (unpaired) electrons. The van der Waals surface area contributed by atoms with E-state index in [-0.39, 0.29) is 53.9 Å². The molecule has 3 aromatic carbocycles. The highest BCUT2D eigenvalue weighted by Gasteiger charge is 2.33. The van der Waals surface area contributed by atoms with Crippen molar-refractivity contribution < 1.29 is 29.0 Å². The molecule has 2 heterocycles. The van der Waals surface area contributed by atoms with E-state index >= 15 is 0 Å². The van der Waals surface area contributed by atoms with Crippen LogP contribution in [0.1, 0.15) is 36.9 Å². The zero-order chi connectivity index (χ0) is 30.0. The smallest absolute Gasteiger partial charge is 0.341 e. The summed E-state index contributed by atoms with van der Waals surface area (Å²) in [5.74, 6) is -2.75. The summed E-state index contributed by atoms with van der Waals surface area (Å²) in [6.45, 7) is -0.349. The molecule has 42 heavy (non-hydrogen) atoms. The summed E-state index contributed by atoms with van der Waals surface area (Å²) in [6, 6.07) is 18.8. The van der Waals surface area contributed by atoms with Crippen LogP contribution in [0.15, 0.2) is 82.1 Å². The minimum atomic E-state index is -1.15. The molecule has 0 aliphatic carbocycles. The molecule has 1 aliphatic heterocycles. The van der Waals surface area contributed by atoms with E-state index < -0.39 is 30.1 Å². The van der Waals surface area contributed by atoms with Crippen LogP contribution >= 0.6 is 27.5 Å². The Morgan fingerprint density at radius 2 is 1.64 bits per heavy atom. The Balaban J connectivity index is 1.54. The molecular weight excluding hydrogens is 632 g/mol. The predicted molar refractivity (Wildman–Crippen MR) is 155 cm³/mol. The topological polar surface area (TPSA) is 140 Å². The van der Waals surface area contributed by atoms with E-state index in [1.807, 2.05) is 0 Å². The first-order chi connectivity index (χ1) is 20.1. The Morgan fingerprint density at radius 1 is 0.929 bits per heavy atom. The van der Waals surface area contributed by atoms with Gasteiger partial charge in [0.15, 0.2) is 6.61 Å². The summed E-state index contributed by atoms with van der Waals surface area (Å²) in [7, 11) is 0. The number of imidazole rings is 1. The average molecular weight is 654 g/mol. The lowest BCUT2D eigenvalue weighted by Crippen LogP contribution is -2.41. The van der Waals surface area contributed by atoms with Gasteiger partial charge >= 0.3 is 11.7 Å². The number of carbonyl (C=O) groups excluding carboxylic acids is 3. The fraction of sp³-hybridized carbons (Fsp3) is 0.138. The van der Waals surface area contributed by atoms with Crippen molar-refractivity contribution in [2.45, 2.75) is 13.1 Å². The van der Waals surface area contributed by atoms with Crippen LogP contribution in [0.4, 0.5) is 0 Å². The Bertz CT molecular complexity index is 1770. The number of hydrogen-bond acceptors (Lipinski definition) is 6. The minimum Gasteiger partial charge on any atom is -0.482 e. The molecule has 0 atom stereocenters. The lowest BCUT2D eigenvalue weighted by atomic mass is 10.1. The van der Waals surface area contributed by atoms with Gasteiger partial charge in [0.2, 0.25) is 0 Å². The van der Waals surface area contributed by atoms with Crippen molar-refractivity contribution in [2.24, 2.45) is 0 Å². The summed E-state index contributed by atoms with van der Waals surface area (Å²) in [6.07, 6.45) is 0. The highest BCUT2D eigenvalue weighted by molar-refractivity contribution is 9.10. The van der Waals surface area contributed by atoms with Gasteiger partial charge < -0.3 is 14.7 Å². The lowest BCUT2D eigenvalue weighted by molar-refractivity contribution is -0.139. The second-order valence-electron chi connectivity index (χ2n) is 9.25. The first kappa shape index (κ1) is 28.8. The monoisotopic (exact) mass is 652 g/mol. The number of amides is 3. The number of fused-ring (bicyclic) bond motifs is 1. The molecule has 2 N–H and O–H groups in total. The highest BCUT2D eigenvalue weighted by atomic mass is 79.9. The summed E-state index contributed by atoms with van der Waals surface area (Å²) >= 11 is 9.50. The Morgan fingerprint density at radius 3 is 2.31 bits per heavy atom. The number of nitrogens with zero attached hydrogens (tertiary/aromatic N) is 3. The van der Waals surface area contributed by atoms with E-state index in [1.54, 1.807) is 42.5 Å². The Hall–Kier alpha value is -4.68. The highest BCUT2D eigenvalue weighted by Crippen LogP contribution is 2.26. The standard InChI is InChI=1S/C29H22BrClN4O7/c30-21-11-6-18(14-22(21)31)28(40)33-12-13-34-23(15-33)25(27(39)32-26(38)17-4-2-1-3-5-17)35(29(34)41)19-7-9-20(10-8-19)42-16-24(36)37/h1-11,14H,12-13,15-16H2,(H,36,37)(H,32,38,39). The van der Waals surface area contributed by atoms with Gasteiger partial charge in [0, 0.05) is 28.7 Å². The van der Waals surface area contributed by atoms with E-state index in [1.165, 1.54) is 39.8 Å². The first-order valence-electron chi connectivity index (χ1n) is 12.6. The number of nitrogens with one attached hydrogen (secondary N) is 1. The number of carboxylic acid groups (broad SMARTS) is 1. The largest absolute Gasteiger partial charge is 0.482 e. The molecule has 0 fully saturated rings. The van der Waals surface area contributed by atoms with Gasteiger partial charge in [-0.1, -0.05) is 29.8 Å². The second kappa shape index (κ2) is 12.0. The van der Waals surface area contributed by atoms with Crippen molar-refractivity contribution in [3.63, 3.8) is 0 Å². The molecule has 1 aromatic heterocycles. The molecule has 5 rings (SSSR count). The van der Waals surface area contributed by atoms with E-state index in [9.17, 15) is 24.0 Å². The molecule has 1 aliphatic rings. The van der Waals surface area contributed by atoms with Gasteiger partial charge in [-0.05, 0) is 70.5 Å². The number of imide groups is 1. The van der Waals surface area contributed by atoms with Crippen molar-refractivity contribution in [3.8, 4) is 11.4 Å². The molecule has 0 saturated carbocycles. The van der Waals surface area contributed by atoms with Gasteiger partial charge in [-0.25, -0.2) is 9.59 Å². The third-order valence-corrected chi connectivity index (χ3v) is 7.80. The van der Waals surface area contributed by atoms with E-state index in [4.69, 9.17) is 21.4 Å². The van der Waals surface area contributed by atoms with Crippen molar-refractivity contribution >= 4 is 51.2 Å². The van der Waals surface area contributed by atoms with Crippen molar-refractivity contribution in [2.75, 3.05) is 13.2 Å². The van der Waals surface area contributed by atoms with E-state index in [0.29, 0.717) is 15.1 Å². The molecule has 4 aromatic rings. The van der Waals surface area contributed by atoms with Crippen molar-refractivity contribution in [3.05, 3.63) is 115 Å². The van der Waals surface area contributed by atoms with Gasteiger partial charge in [0.1, 0.15) is 11.4 Å². The number of benzene rings is 3. The molecule has 11 nitrogen and oxygen atoms in total. The van der Waals surface area contributed by atoms with Crippen LogP contribution in [-0.2, 0) is 17.9 Å². The molecule has 13 heteroatoms. The maximum Gasteiger partial charge on any atom is 0.341 e. The van der Waals surface area contributed by atoms with Gasteiger partial charge in [-0.15, -0.1) is 0 Å². The number of ether oxygens (including phenoxy) is 1. The number of aliphatic carboxylic acids is 1. The Labute approximate surface area is 252 Å². The van der Waals surface area contributed by atoms with Crippen LogP contribution in [0.2, 0.25) is 5.02 Å². The van der Waals surface area contributed by atoms with E-state index in [2.05, 4.69) is 21.2 Å². The molecule has 214 valence electrons. The predicted octanol–water partition coefficient (Wildman–Crippen LogP) is 3.74. The fourth-order valence-corrected chi connectivity index (χ4v) is 5.00. The van der Waals surface area contributed by atoms with Gasteiger partial charge in [0.05, 0.1) is 22.9 Å². The van der Waals surface area contributed by atoms with Crippen LogP contribution in [0.3, 0.4) is 0 Å². The summed E-state index contributed by atoms with van der Waals surface area (Å²) < 4.78 is 8.36. The number of rotatable bonds is 7. The van der Waals surface area contributed by atoms with Gasteiger partial charge in [-0.2, -0.15) is 0 Å². The number of halogens is 2. The normalized spacial score (nSPS) is 12.4. The fourth-order valence-electron chi connectivity index (χ4n) is 4.58. The molecule has 0 spiro atoms. The van der Waals surface area contributed by atoms with E-state index in [0.717, 1.165) is 4.57 Å². The molecule has 0 saturated heterocycles. The number of carboxylic acids is 1. The average Bonchev–Trinajstić information content (AvgIpc) is 3.29. The quantitative estimate of drug-likeness (QED) is 0.290. The SMILES string of the molecule is O=C(O)COc1ccc(-n2c(C(=O)NC(=O)c3ccccc3)c3n(c2=O)CCN(C(=O)c2ccc(Br)c(Cl)c2)C3)cc1. The van der Waals surface area contributed by atoms with Crippen molar-refractivity contribution in [1.29, 1.82) is 0 Å². The summed E-state index contributed by atoms with van der Waals surface area (Å²) in [4.78, 5) is 65.9. The third kappa shape index (κ3) is 5.85. The molecule has 0 unspecified atom stereocenters. The lowest BCUT2D eigenvalue weighted by Gasteiger charge is -2.28. The summed E-state index contributed by atoms with van der Waals surface area (Å²) in [5.41, 5.74) is 0.444. The number of aromatic nitrogens is 2.